The normalized spacial score (nSPS) is 11.0. The van der Waals surface area contributed by atoms with Crippen LogP contribution in [0.3, 0.4) is 0 Å². The van der Waals surface area contributed by atoms with Gasteiger partial charge in [0.25, 0.3) is 0 Å². The van der Waals surface area contributed by atoms with Gasteiger partial charge in [-0.3, -0.25) is 0 Å². The first kappa shape index (κ1) is 45.6. The van der Waals surface area contributed by atoms with Crippen molar-refractivity contribution in [3.8, 4) is 0 Å². The molecule has 0 N–H and O–H groups in total. The van der Waals surface area contributed by atoms with Crippen LogP contribution in [0.1, 0.15) is 84.5 Å². The van der Waals surface area contributed by atoms with E-state index in [2.05, 4.69) is 39.1 Å². The Labute approximate surface area is 262 Å². The molecule has 0 aliphatic heterocycles. The molecule has 0 heterocycles. The second kappa shape index (κ2) is 34.6. The van der Waals surface area contributed by atoms with Crippen molar-refractivity contribution in [3.05, 3.63) is 0 Å². The van der Waals surface area contributed by atoms with Crippen LogP contribution in [0, 0.1) is 0 Å². The molecule has 0 aliphatic carbocycles. The third-order valence-corrected chi connectivity index (χ3v) is 14.4. The second-order valence-electron chi connectivity index (χ2n) is 7.28. The van der Waals surface area contributed by atoms with E-state index in [0.717, 1.165) is 32.1 Å². The van der Waals surface area contributed by atoms with Crippen LogP contribution in [0.25, 0.3) is 0 Å². The first-order chi connectivity index (χ1) is 14.0. The number of carbonyl (C=O) groups excluding carboxylic acids is 2. The van der Waals surface area contributed by atoms with Gasteiger partial charge in [0.1, 0.15) is 0 Å². The molecule has 0 spiro atoms. The first-order valence-electron chi connectivity index (χ1n) is 11.1. The van der Waals surface area contributed by atoms with Crippen LogP contribution < -0.4 is 0 Å². The zero-order chi connectivity index (χ0) is 21.7. The molecule has 196 valence electrons. The first-order valence-corrected chi connectivity index (χ1v) is 19.5. The Hall–Kier alpha value is 2.64. The van der Waals surface area contributed by atoms with Gasteiger partial charge in [0, 0.05) is 0 Å². The van der Waals surface area contributed by atoms with Crippen molar-refractivity contribution < 1.29 is 19.1 Å². The van der Waals surface area contributed by atoms with Gasteiger partial charge >= 0.3 is 212 Å². The maximum Gasteiger partial charge on any atom is -0.813 e. The molecule has 0 amide bonds. The fraction of sp³-hybridized carbons (Fsp3) is 0.905. The minimum atomic E-state index is -0.500. The summed E-state index contributed by atoms with van der Waals surface area (Å²) in [5.41, 5.74) is 0. The van der Waals surface area contributed by atoms with E-state index in [1.807, 2.05) is 0 Å². The Balaban J connectivity index is -0.000000653. The van der Waals surface area contributed by atoms with Crippen LogP contribution >= 0.6 is 25.3 Å². The molecule has 0 bridgehead atoms. The summed E-state index contributed by atoms with van der Waals surface area (Å²) < 4.78 is 13.9. The fourth-order valence-corrected chi connectivity index (χ4v) is 10.7. The average molecular weight is 790 g/mol. The number of thiol groups is 6. The predicted molar refractivity (Wildman–Crippen MR) is 166 cm³/mol. The van der Waals surface area contributed by atoms with Gasteiger partial charge in [-0.15, -0.1) is 0 Å². The molecule has 0 rings (SSSR count). The van der Waals surface area contributed by atoms with Crippen molar-refractivity contribution in [1.82, 2.24) is 0 Å². The minimum absolute atomic E-state index is 0. The van der Waals surface area contributed by atoms with Gasteiger partial charge in [-0.25, -0.2) is 0 Å². The number of rotatable bonds is 20. The summed E-state index contributed by atoms with van der Waals surface area (Å²) in [6.07, 6.45) is 10.8. The topological polar surface area (TPSA) is 52.6 Å². The quantitative estimate of drug-likeness (QED) is 0.0631. The van der Waals surface area contributed by atoms with Gasteiger partial charge in [0.15, 0.2) is 0 Å². The molecular formula is C21H44O4S6Sn2. The molecule has 2 unspecified atom stereocenters. The number of carbonyl (C=O) groups is 2. The molecule has 0 radical (unpaired) electrons. The van der Waals surface area contributed by atoms with Crippen molar-refractivity contribution in [2.24, 2.45) is 0 Å². The van der Waals surface area contributed by atoms with E-state index in [4.69, 9.17) is 9.47 Å². The maximum atomic E-state index is 11.8. The maximum absolute atomic E-state index is 11.8. The van der Waals surface area contributed by atoms with Gasteiger partial charge in [-0.1, -0.05) is 0 Å². The predicted octanol–water partition coefficient (Wildman–Crippen LogP) is 4.08. The van der Waals surface area contributed by atoms with Crippen LogP contribution in [0.15, 0.2) is 0 Å². The molecule has 33 heavy (non-hydrogen) atoms. The molecule has 0 fully saturated rings. The molecular weight excluding hydrogens is 746 g/mol. The fourth-order valence-electron chi connectivity index (χ4n) is 2.57. The van der Waals surface area contributed by atoms with Crippen molar-refractivity contribution >= 4 is 133 Å². The third-order valence-electron chi connectivity index (χ3n) is 4.39. The van der Waals surface area contributed by atoms with E-state index >= 15 is 0 Å². The number of hydrogen-bond donors (Lipinski definition) is 2. The van der Waals surface area contributed by atoms with Crippen LogP contribution in [0.4, 0.5) is 0 Å². The standard InChI is InChI=1S/C13H22O4S2.2C4H9.4H2S.2Sn/c14-12(16-8-10-18)6-4-2-1-3-5-7-13(15)17-9-11-19;2*1-3-4-2;;;;;;/h10-11,18-19H,1-9H2;2*1,3-4H2,2H3;4*1H2;;/q;;;;;;;2*+2/p-4. The molecule has 0 saturated carbocycles. The van der Waals surface area contributed by atoms with Crippen LogP contribution in [0.5, 0.6) is 0 Å². The Morgan fingerprint density at radius 1 is 0.636 bits per heavy atom. The zero-order valence-electron chi connectivity index (χ0n) is 20.1. The largest absolute Gasteiger partial charge is 0.813 e. The van der Waals surface area contributed by atoms with Gasteiger partial charge in [0.2, 0.25) is 0 Å². The van der Waals surface area contributed by atoms with Crippen molar-refractivity contribution in [2.75, 3.05) is 13.2 Å². The summed E-state index contributed by atoms with van der Waals surface area (Å²) in [6.45, 7) is 5.39. The van der Waals surface area contributed by atoms with Gasteiger partial charge in [-0.05, 0) is 0 Å². The Morgan fingerprint density at radius 3 is 1.30 bits per heavy atom. The van der Waals surface area contributed by atoms with E-state index < -0.39 is 42.3 Å². The molecule has 0 aromatic carbocycles. The molecule has 12 heteroatoms. The zero-order valence-corrected chi connectivity index (χ0v) is 31.2. The molecule has 4 nitrogen and oxygen atoms in total. The summed E-state index contributed by atoms with van der Waals surface area (Å²) in [5.74, 6) is -0.181. The van der Waals surface area contributed by atoms with E-state index in [0.29, 0.717) is 32.6 Å². The van der Waals surface area contributed by atoms with Gasteiger partial charge < -0.3 is 54.0 Å². The van der Waals surface area contributed by atoms with Gasteiger partial charge in [0.05, 0.1) is 0 Å². The number of esters is 2. The van der Waals surface area contributed by atoms with Crippen LogP contribution in [-0.2, 0) is 73.0 Å². The average Bonchev–Trinajstić information content (AvgIpc) is 2.70. The third kappa shape index (κ3) is 34.6. The van der Waals surface area contributed by atoms with Crippen molar-refractivity contribution in [3.63, 3.8) is 0 Å². The van der Waals surface area contributed by atoms with E-state index in [1.165, 1.54) is 34.6 Å². The Morgan fingerprint density at radius 2 is 0.970 bits per heavy atom. The molecule has 0 aromatic heterocycles. The van der Waals surface area contributed by atoms with E-state index in [-0.39, 0.29) is 65.9 Å². The van der Waals surface area contributed by atoms with Crippen LogP contribution in [0.2, 0.25) is 8.87 Å². The summed E-state index contributed by atoms with van der Waals surface area (Å²) in [6, 6.07) is 0. The number of hydrogen-bond acceptors (Lipinski definition) is 10. The summed E-state index contributed by atoms with van der Waals surface area (Å²) >= 11 is 8.09. The van der Waals surface area contributed by atoms with Gasteiger partial charge in [-0.2, -0.15) is 0 Å². The van der Waals surface area contributed by atoms with Crippen molar-refractivity contribution in [2.45, 2.75) is 99.9 Å². The summed E-state index contributed by atoms with van der Waals surface area (Å²) in [7, 11) is 0. The Bertz CT molecular complexity index is 390. The second-order valence-corrected chi connectivity index (χ2v) is 20.5. The number of ether oxygens (including phenoxy) is 2. The smallest absolute Gasteiger partial charge is 0.813 e. The van der Waals surface area contributed by atoms with Crippen LogP contribution in [-0.4, -0.2) is 74.0 Å². The SMILES string of the molecule is CCC[CH2][Sn+2][CH](S)COC(=O)CCCCCCCC(=O)OC[CH](S)[Sn+2][CH2]CCC.[SH-].[SH-].[SH-].[SH-]. The minimum Gasteiger partial charge on any atom is -0.813 e. The molecule has 2 atom stereocenters. The molecule has 0 saturated heterocycles. The number of unbranched alkanes of at least 4 members (excludes halogenated alkanes) is 6. The molecule has 0 aliphatic rings. The summed E-state index contributed by atoms with van der Waals surface area (Å²) in [5, 5.41) is 0. The summed E-state index contributed by atoms with van der Waals surface area (Å²) in [4.78, 5) is 23.5. The van der Waals surface area contributed by atoms with E-state index in [9.17, 15) is 9.59 Å². The monoisotopic (exact) mass is 792 g/mol. The molecule has 0 aromatic rings. The van der Waals surface area contributed by atoms with Crippen molar-refractivity contribution in [1.29, 1.82) is 0 Å². The Kier molecular flexibility index (Phi) is 47.8. The van der Waals surface area contributed by atoms with E-state index in [1.54, 1.807) is 0 Å².